The maximum atomic E-state index is 2.46. The lowest BCUT2D eigenvalue weighted by molar-refractivity contribution is 0.143. The van der Waals surface area contributed by atoms with Gasteiger partial charge in [0.1, 0.15) is 0 Å². The fourth-order valence-electron chi connectivity index (χ4n) is 5.15. The fourth-order valence-corrected chi connectivity index (χ4v) is 7.10. The molecule has 1 heterocycles. The van der Waals surface area contributed by atoms with Crippen molar-refractivity contribution in [3.8, 4) is 0 Å². The monoisotopic (exact) mass is 292 g/mol. The van der Waals surface area contributed by atoms with Gasteiger partial charge in [-0.25, -0.2) is 0 Å². The number of fused-ring (bicyclic) bond motifs is 3. The Morgan fingerprint density at radius 3 is 2.81 bits per heavy atom. The Kier molecular flexibility index (Phi) is 2.45. The molecule has 1 aliphatic heterocycles. The van der Waals surface area contributed by atoms with Gasteiger partial charge in [0.15, 0.2) is 0 Å². The fraction of sp³-hybridized carbons (Fsp3) is 0.400. The van der Waals surface area contributed by atoms with Crippen LogP contribution in [0.15, 0.2) is 48.6 Å². The molecule has 2 unspecified atom stereocenters. The first-order valence-corrected chi connectivity index (χ1v) is 9.24. The van der Waals surface area contributed by atoms with Crippen LogP contribution in [0, 0.1) is 5.41 Å². The summed E-state index contributed by atoms with van der Waals surface area (Å²) < 4.78 is 0. The van der Waals surface area contributed by atoms with Crippen LogP contribution in [0.4, 0.5) is 0 Å². The molecule has 2 aliphatic carbocycles. The van der Waals surface area contributed by atoms with Crippen molar-refractivity contribution >= 4 is 22.5 Å². The molecule has 5 rings (SSSR count). The van der Waals surface area contributed by atoms with E-state index in [2.05, 4.69) is 60.3 Å². The molecule has 0 amide bonds. The van der Waals surface area contributed by atoms with E-state index in [0.717, 1.165) is 0 Å². The maximum Gasteiger partial charge on any atom is 0.0154 e. The molecule has 0 aromatic heterocycles. The standard InChI is InChI=1S/C20H20S/c1-2-6-17-15(5-1)7-8-16-9-12-19-10-3-4-11-20(19,18(16)17)14-21-13-19/h1-8H,9-14H2. The molecule has 0 saturated carbocycles. The summed E-state index contributed by atoms with van der Waals surface area (Å²) in [6, 6.07) is 13.8. The second-order valence-corrected chi connectivity index (χ2v) is 8.04. The predicted molar refractivity (Wildman–Crippen MR) is 92.1 cm³/mol. The number of hydrogen-bond donors (Lipinski definition) is 0. The summed E-state index contributed by atoms with van der Waals surface area (Å²) in [5, 5.41) is 2.95. The highest BCUT2D eigenvalue weighted by Gasteiger charge is 2.58. The number of hydrogen-bond acceptors (Lipinski definition) is 1. The molecule has 2 aromatic rings. The summed E-state index contributed by atoms with van der Waals surface area (Å²) in [7, 11) is 0. The van der Waals surface area contributed by atoms with Gasteiger partial charge in [-0.2, -0.15) is 11.8 Å². The highest BCUT2D eigenvalue weighted by atomic mass is 32.2. The van der Waals surface area contributed by atoms with Crippen molar-refractivity contribution in [2.45, 2.75) is 31.1 Å². The zero-order valence-corrected chi connectivity index (χ0v) is 13.1. The molecule has 0 N–H and O–H groups in total. The van der Waals surface area contributed by atoms with Crippen molar-refractivity contribution in [1.29, 1.82) is 0 Å². The summed E-state index contributed by atoms with van der Waals surface area (Å²) in [5.74, 6) is 2.68. The van der Waals surface area contributed by atoms with E-state index in [1.54, 1.807) is 11.1 Å². The van der Waals surface area contributed by atoms with Crippen LogP contribution in [0.3, 0.4) is 0 Å². The highest BCUT2D eigenvalue weighted by Crippen LogP contribution is 2.64. The first-order valence-electron chi connectivity index (χ1n) is 8.09. The van der Waals surface area contributed by atoms with E-state index >= 15 is 0 Å². The molecule has 0 nitrogen and oxygen atoms in total. The van der Waals surface area contributed by atoms with E-state index in [1.165, 1.54) is 48.0 Å². The lowest BCUT2D eigenvalue weighted by Crippen LogP contribution is -2.49. The molecule has 3 aliphatic rings. The minimum absolute atomic E-state index is 0.404. The van der Waals surface area contributed by atoms with Crippen LogP contribution in [-0.2, 0) is 11.8 Å². The Morgan fingerprint density at radius 2 is 1.81 bits per heavy atom. The van der Waals surface area contributed by atoms with Gasteiger partial charge in [0.25, 0.3) is 0 Å². The van der Waals surface area contributed by atoms with Crippen LogP contribution in [-0.4, -0.2) is 11.5 Å². The van der Waals surface area contributed by atoms with Crippen LogP contribution >= 0.6 is 11.8 Å². The van der Waals surface area contributed by atoms with Gasteiger partial charge in [0.05, 0.1) is 0 Å². The van der Waals surface area contributed by atoms with Gasteiger partial charge in [0.2, 0.25) is 0 Å². The summed E-state index contributed by atoms with van der Waals surface area (Å²) >= 11 is 2.20. The average molecular weight is 292 g/mol. The van der Waals surface area contributed by atoms with Crippen LogP contribution < -0.4 is 0 Å². The van der Waals surface area contributed by atoms with Crippen LogP contribution in [0.5, 0.6) is 0 Å². The number of benzene rings is 2. The number of aryl methyl sites for hydroxylation is 1. The lowest BCUT2D eigenvalue weighted by atomic mass is 9.51. The second kappa shape index (κ2) is 4.16. The third-order valence-corrected chi connectivity index (χ3v) is 7.70. The largest absolute Gasteiger partial charge is 0.160 e. The SMILES string of the molecule is C1=CCC23CSCC2(C1)CCc1ccc2ccccc2c13. The quantitative estimate of drug-likeness (QED) is 0.608. The minimum atomic E-state index is 0.404. The maximum absolute atomic E-state index is 2.46. The van der Waals surface area contributed by atoms with Gasteiger partial charge in [0, 0.05) is 16.9 Å². The van der Waals surface area contributed by atoms with Gasteiger partial charge in [-0.3, -0.25) is 0 Å². The first kappa shape index (κ1) is 12.3. The van der Waals surface area contributed by atoms with Gasteiger partial charge in [-0.15, -0.1) is 0 Å². The Labute approximate surface area is 130 Å². The Morgan fingerprint density at radius 1 is 0.905 bits per heavy atom. The number of thioether (sulfide) groups is 1. The van der Waals surface area contributed by atoms with E-state index in [1.807, 2.05) is 0 Å². The van der Waals surface area contributed by atoms with Crippen LogP contribution in [0.25, 0.3) is 10.8 Å². The third-order valence-electron chi connectivity index (χ3n) is 6.25. The van der Waals surface area contributed by atoms with Gasteiger partial charge >= 0.3 is 0 Å². The molecule has 1 fully saturated rings. The van der Waals surface area contributed by atoms with E-state index in [9.17, 15) is 0 Å². The number of rotatable bonds is 0. The third kappa shape index (κ3) is 1.43. The molecule has 2 aromatic carbocycles. The van der Waals surface area contributed by atoms with Crippen molar-refractivity contribution in [3.05, 3.63) is 59.7 Å². The van der Waals surface area contributed by atoms with Gasteiger partial charge in [-0.1, -0.05) is 48.6 Å². The summed E-state index contributed by atoms with van der Waals surface area (Å²) in [6.07, 6.45) is 10.1. The molecule has 0 radical (unpaired) electrons. The second-order valence-electron chi connectivity index (χ2n) is 7.06. The summed E-state index contributed by atoms with van der Waals surface area (Å²) in [5.41, 5.74) is 4.27. The summed E-state index contributed by atoms with van der Waals surface area (Å²) in [4.78, 5) is 0. The van der Waals surface area contributed by atoms with Gasteiger partial charge < -0.3 is 0 Å². The average Bonchev–Trinajstić information content (AvgIpc) is 2.94. The van der Waals surface area contributed by atoms with E-state index in [0.29, 0.717) is 10.8 Å². The molecule has 1 saturated heterocycles. The van der Waals surface area contributed by atoms with Crippen molar-refractivity contribution in [2.24, 2.45) is 5.41 Å². The van der Waals surface area contributed by atoms with Crippen molar-refractivity contribution in [2.75, 3.05) is 11.5 Å². The van der Waals surface area contributed by atoms with E-state index < -0.39 is 0 Å². The van der Waals surface area contributed by atoms with Crippen LogP contribution in [0.1, 0.15) is 30.4 Å². The van der Waals surface area contributed by atoms with E-state index in [-0.39, 0.29) is 0 Å². The molecule has 1 heteroatoms. The highest BCUT2D eigenvalue weighted by molar-refractivity contribution is 7.99. The molecule has 0 spiro atoms. The molecular weight excluding hydrogens is 272 g/mol. The van der Waals surface area contributed by atoms with E-state index in [4.69, 9.17) is 0 Å². The number of allylic oxidation sites excluding steroid dienone is 2. The molecular formula is C20H20S. The smallest absolute Gasteiger partial charge is 0.0154 e. The first-order chi connectivity index (χ1) is 10.3. The Bertz CT molecular complexity index is 760. The van der Waals surface area contributed by atoms with Crippen molar-refractivity contribution < 1.29 is 0 Å². The lowest BCUT2D eigenvalue weighted by Gasteiger charge is -2.52. The zero-order chi connectivity index (χ0) is 13.9. The topological polar surface area (TPSA) is 0 Å². The zero-order valence-electron chi connectivity index (χ0n) is 12.3. The molecule has 0 bridgehead atoms. The van der Waals surface area contributed by atoms with Crippen molar-refractivity contribution in [3.63, 3.8) is 0 Å². The minimum Gasteiger partial charge on any atom is -0.160 e. The van der Waals surface area contributed by atoms with Crippen molar-refractivity contribution in [1.82, 2.24) is 0 Å². The molecule has 2 atom stereocenters. The predicted octanol–water partition coefficient (Wildman–Crippen LogP) is 5.11. The van der Waals surface area contributed by atoms with Gasteiger partial charge in [-0.05, 0) is 53.0 Å². The normalized spacial score (nSPS) is 33.5. The Balaban J connectivity index is 1.89. The molecule has 21 heavy (non-hydrogen) atoms. The molecule has 106 valence electrons. The Hall–Kier alpha value is -1.21. The van der Waals surface area contributed by atoms with Crippen LogP contribution in [0.2, 0.25) is 0 Å². The summed E-state index contributed by atoms with van der Waals surface area (Å²) in [6.45, 7) is 0.